The van der Waals surface area contributed by atoms with Crippen LogP contribution in [0.1, 0.15) is 37.6 Å². The lowest BCUT2D eigenvalue weighted by atomic mass is 10.2. The number of aryl methyl sites for hydroxylation is 3. The molecule has 0 bridgehead atoms. The first kappa shape index (κ1) is 23.9. The highest BCUT2D eigenvalue weighted by atomic mass is 32.2. The van der Waals surface area contributed by atoms with Gasteiger partial charge in [-0.3, -0.25) is 4.79 Å². The second kappa shape index (κ2) is 9.79. The van der Waals surface area contributed by atoms with E-state index in [-0.39, 0.29) is 23.0 Å². The molecule has 0 saturated carbocycles. The van der Waals surface area contributed by atoms with E-state index in [0.29, 0.717) is 23.2 Å². The van der Waals surface area contributed by atoms with Crippen LogP contribution in [-0.4, -0.2) is 42.3 Å². The maximum Gasteiger partial charge on any atom is 0.242 e. The number of halogens is 1. The Hall–Kier alpha value is -2.78. The number of rotatable bonds is 9. The quantitative estimate of drug-likeness (QED) is 0.521. The van der Waals surface area contributed by atoms with E-state index >= 15 is 0 Å². The van der Waals surface area contributed by atoms with Gasteiger partial charge < -0.3 is 9.88 Å². The largest absolute Gasteiger partial charge is 0.328 e. The Kier molecular flexibility index (Phi) is 7.30. The zero-order valence-corrected chi connectivity index (χ0v) is 19.7. The smallest absolute Gasteiger partial charge is 0.242 e. The van der Waals surface area contributed by atoms with E-state index in [1.54, 1.807) is 37.3 Å². The van der Waals surface area contributed by atoms with Crippen molar-refractivity contribution in [1.29, 1.82) is 0 Å². The number of anilines is 1. The van der Waals surface area contributed by atoms with E-state index < -0.39 is 10.0 Å². The number of hydrogen-bond donors (Lipinski definition) is 1. The highest BCUT2D eigenvalue weighted by Crippen LogP contribution is 2.23. The molecular weight excluding hydrogens is 431 g/mol. The first-order chi connectivity index (χ1) is 15.1. The predicted octanol–water partition coefficient (Wildman–Crippen LogP) is 4.11. The zero-order chi connectivity index (χ0) is 23.5. The molecule has 0 spiro atoms. The van der Waals surface area contributed by atoms with Gasteiger partial charge in [-0.2, -0.15) is 0 Å². The molecule has 1 N–H and O–H groups in total. The van der Waals surface area contributed by atoms with Crippen LogP contribution in [0.3, 0.4) is 0 Å². The van der Waals surface area contributed by atoms with Crippen molar-refractivity contribution in [3.8, 4) is 0 Å². The number of carbonyl (C=O) groups excluding carboxylic acids is 1. The van der Waals surface area contributed by atoms with E-state index in [0.717, 1.165) is 30.7 Å². The van der Waals surface area contributed by atoms with Gasteiger partial charge in [0, 0.05) is 39.2 Å². The second-order valence-corrected chi connectivity index (χ2v) is 10.1. The monoisotopic (exact) mass is 460 g/mol. The summed E-state index contributed by atoms with van der Waals surface area (Å²) in [4.78, 5) is 17.3. The summed E-state index contributed by atoms with van der Waals surface area (Å²) >= 11 is 0. The van der Waals surface area contributed by atoms with Crippen molar-refractivity contribution in [2.45, 2.75) is 51.0 Å². The molecule has 3 aromatic rings. The summed E-state index contributed by atoms with van der Waals surface area (Å²) in [7, 11) is -0.588. The number of sulfonamides is 1. The maximum absolute atomic E-state index is 13.7. The standard InChI is InChI=1S/C23H29FN4O3S/c1-5-6-13-28-21-10-9-18(32(30,31)27(3)4)15-20(21)26-22(28)11-12-23(29)25-17-8-7-16(2)19(24)14-17/h7-10,14-15H,5-6,11-13H2,1-4H3,(H,25,29). The SMILES string of the molecule is CCCCn1c(CCC(=O)Nc2ccc(C)c(F)c2)nc2cc(S(=O)(=O)N(C)C)ccc21. The summed E-state index contributed by atoms with van der Waals surface area (Å²) in [6.07, 6.45) is 2.48. The summed E-state index contributed by atoms with van der Waals surface area (Å²) in [6, 6.07) is 9.52. The van der Waals surface area contributed by atoms with Gasteiger partial charge in [-0.05, 0) is 49.2 Å². The van der Waals surface area contributed by atoms with E-state index in [2.05, 4.69) is 17.2 Å². The molecule has 3 rings (SSSR count). The fraction of sp³-hybridized carbons (Fsp3) is 0.391. The summed E-state index contributed by atoms with van der Waals surface area (Å²) in [5, 5.41) is 2.72. The summed E-state index contributed by atoms with van der Waals surface area (Å²) in [6.45, 7) is 4.48. The Morgan fingerprint density at radius 1 is 1.19 bits per heavy atom. The van der Waals surface area contributed by atoms with Crippen molar-refractivity contribution in [3.05, 3.63) is 53.6 Å². The normalized spacial score (nSPS) is 11.9. The summed E-state index contributed by atoms with van der Waals surface area (Å²) in [5.41, 5.74) is 2.35. The number of hydrogen-bond acceptors (Lipinski definition) is 4. The van der Waals surface area contributed by atoms with Crippen LogP contribution in [0.2, 0.25) is 0 Å². The minimum absolute atomic E-state index is 0.174. The first-order valence-electron chi connectivity index (χ1n) is 10.6. The second-order valence-electron chi connectivity index (χ2n) is 7.98. The van der Waals surface area contributed by atoms with Gasteiger partial charge in [-0.25, -0.2) is 22.1 Å². The fourth-order valence-electron chi connectivity index (χ4n) is 3.41. The molecule has 2 aromatic carbocycles. The van der Waals surface area contributed by atoms with Crippen LogP contribution >= 0.6 is 0 Å². The molecule has 1 aromatic heterocycles. The van der Waals surface area contributed by atoms with Gasteiger partial charge in [-0.15, -0.1) is 0 Å². The van der Waals surface area contributed by atoms with E-state index in [9.17, 15) is 17.6 Å². The number of fused-ring (bicyclic) bond motifs is 1. The molecule has 0 radical (unpaired) electrons. The zero-order valence-electron chi connectivity index (χ0n) is 18.9. The number of nitrogens with one attached hydrogen (secondary N) is 1. The third kappa shape index (κ3) is 5.16. The summed E-state index contributed by atoms with van der Waals surface area (Å²) in [5.74, 6) is 0.115. The minimum Gasteiger partial charge on any atom is -0.328 e. The molecule has 0 aliphatic heterocycles. The number of imidazole rings is 1. The van der Waals surface area contributed by atoms with E-state index in [4.69, 9.17) is 0 Å². The molecule has 1 amide bonds. The van der Waals surface area contributed by atoms with Gasteiger partial charge in [0.25, 0.3) is 0 Å². The molecule has 0 aliphatic rings. The van der Waals surface area contributed by atoms with Gasteiger partial charge >= 0.3 is 0 Å². The lowest BCUT2D eigenvalue weighted by Crippen LogP contribution is -2.22. The third-order valence-corrected chi connectivity index (χ3v) is 7.15. The van der Waals surface area contributed by atoms with Gasteiger partial charge in [0.15, 0.2) is 0 Å². The Bertz CT molecular complexity index is 1240. The number of carbonyl (C=O) groups is 1. The van der Waals surface area contributed by atoms with Crippen molar-refractivity contribution in [2.75, 3.05) is 19.4 Å². The van der Waals surface area contributed by atoms with Gasteiger partial charge in [0.1, 0.15) is 11.6 Å². The van der Waals surface area contributed by atoms with Crippen molar-refractivity contribution in [3.63, 3.8) is 0 Å². The molecule has 0 unspecified atom stereocenters. The number of nitrogens with zero attached hydrogens (tertiary/aromatic N) is 3. The molecule has 1 heterocycles. The van der Waals surface area contributed by atoms with Crippen LogP contribution in [0.25, 0.3) is 11.0 Å². The molecule has 32 heavy (non-hydrogen) atoms. The lowest BCUT2D eigenvalue weighted by molar-refractivity contribution is -0.116. The van der Waals surface area contributed by atoms with Crippen LogP contribution in [0, 0.1) is 12.7 Å². The Morgan fingerprint density at radius 2 is 1.94 bits per heavy atom. The van der Waals surface area contributed by atoms with Gasteiger partial charge in [0.2, 0.25) is 15.9 Å². The van der Waals surface area contributed by atoms with Gasteiger partial charge in [-0.1, -0.05) is 19.4 Å². The average Bonchev–Trinajstić information content (AvgIpc) is 3.09. The predicted molar refractivity (Wildman–Crippen MR) is 124 cm³/mol. The Labute approximate surface area is 188 Å². The molecule has 0 atom stereocenters. The van der Waals surface area contributed by atoms with E-state index in [1.165, 1.54) is 24.5 Å². The molecule has 9 heteroatoms. The molecule has 0 saturated heterocycles. The van der Waals surface area contributed by atoms with Crippen LogP contribution in [-0.2, 0) is 27.8 Å². The van der Waals surface area contributed by atoms with Crippen molar-refractivity contribution in [2.24, 2.45) is 0 Å². The fourth-order valence-corrected chi connectivity index (χ4v) is 4.33. The number of unbranched alkanes of at least 4 members (excludes halogenated alkanes) is 1. The Morgan fingerprint density at radius 3 is 2.59 bits per heavy atom. The molecule has 0 aliphatic carbocycles. The van der Waals surface area contributed by atoms with E-state index in [1.807, 2.05) is 4.57 Å². The number of amides is 1. The summed E-state index contributed by atoms with van der Waals surface area (Å²) < 4.78 is 41.9. The van der Waals surface area contributed by atoms with Crippen LogP contribution in [0.15, 0.2) is 41.3 Å². The van der Waals surface area contributed by atoms with Gasteiger partial charge in [0.05, 0.1) is 15.9 Å². The number of benzene rings is 2. The minimum atomic E-state index is -3.57. The molecule has 0 fully saturated rings. The van der Waals surface area contributed by atoms with Crippen LogP contribution in [0.5, 0.6) is 0 Å². The maximum atomic E-state index is 13.7. The Balaban J connectivity index is 1.83. The van der Waals surface area contributed by atoms with Crippen LogP contribution in [0.4, 0.5) is 10.1 Å². The van der Waals surface area contributed by atoms with Crippen molar-refractivity contribution >= 4 is 32.7 Å². The number of aromatic nitrogens is 2. The molecule has 172 valence electrons. The third-order valence-electron chi connectivity index (χ3n) is 5.34. The van der Waals surface area contributed by atoms with Crippen molar-refractivity contribution < 1.29 is 17.6 Å². The first-order valence-corrected chi connectivity index (χ1v) is 12.0. The topological polar surface area (TPSA) is 84.3 Å². The molecule has 7 nitrogen and oxygen atoms in total. The van der Waals surface area contributed by atoms with Crippen molar-refractivity contribution in [1.82, 2.24) is 13.9 Å². The molecular formula is C23H29FN4O3S. The lowest BCUT2D eigenvalue weighted by Gasteiger charge is -2.11. The average molecular weight is 461 g/mol. The van der Waals surface area contributed by atoms with Crippen LogP contribution < -0.4 is 5.32 Å². The highest BCUT2D eigenvalue weighted by molar-refractivity contribution is 7.89. The highest BCUT2D eigenvalue weighted by Gasteiger charge is 2.20.